The van der Waals surface area contributed by atoms with Crippen molar-refractivity contribution in [3.63, 3.8) is 0 Å². The van der Waals surface area contributed by atoms with Crippen molar-refractivity contribution in [2.45, 2.75) is 19.9 Å². The topological polar surface area (TPSA) is 81.4 Å². The minimum atomic E-state index is -0.271. The summed E-state index contributed by atoms with van der Waals surface area (Å²) in [7, 11) is 1.39. The van der Waals surface area contributed by atoms with Crippen LogP contribution in [-0.2, 0) is 22.5 Å². The number of fused-ring (bicyclic) bond motifs is 1. The third-order valence-electron chi connectivity index (χ3n) is 3.80. The summed E-state index contributed by atoms with van der Waals surface area (Å²) in [6.45, 7) is 2.43. The number of carbonyl (C=O) groups excluding carboxylic acids is 1. The quantitative estimate of drug-likeness (QED) is 0.637. The van der Waals surface area contributed by atoms with Crippen LogP contribution in [0.1, 0.15) is 18.2 Å². The van der Waals surface area contributed by atoms with Crippen molar-refractivity contribution in [2.75, 3.05) is 12.4 Å². The molecule has 0 aromatic carbocycles. The Kier molecular flexibility index (Phi) is 5.28. The summed E-state index contributed by atoms with van der Waals surface area (Å²) in [6.07, 6.45) is 5.74. The second-order valence-electron chi connectivity index (χ2n) is 5.70. The lowest BCUT2D eigenvalue weighted by atomic mass is 10.1. The molecule has 0 saturated heterocycles. The summed E-state index contributed by atoms with van der Waals surface area (Å²) in [5, 5.41) is 7.70. The molecule has 130 valence electrons. The molecule has 1 N–H and O–H groups in total. The van der Waals surface area contributed by atoms with Crippen LogP contribution in [0, 0.1) is 5.92 Å². The Labute approximate surface area is 153 Å². The Morgan fingerprint density at radius 1 is 1.44 bits per heavy atom. The summed E-state index contributed by atoms with van der Waals surface area (Å²) in [5.41, 5.74) is 2.55. The summed E-state index contributed by atoms with van der Waals surface area (Å²) >= 11 is 3.46. The summed E-state index contributed by atoms with van der Waals surface area (Å²) in [4.78, 5) is 20.4. The van der Waals surface area contributed by atoms with Crippen LogP contribution in [0.25, 0.3) is 5.65 Å². The largest absolute Gasteiger partial charge is 0.469 e. The van der Waals surface area contributed by atoms with Crippen LogP contribution in [0.3, 0.4) is 0 Å². The number of nitrogens with zero attached hydrogens (tertiary/aromatic N) is 4. The molecule has 7 nitrogen and oxygen atoms in total. The average Bonchev–Trinajstić information content (AvgIpc) is 3.01. The van der Waals surface area contributed by atoms with Gasteiger partial charge in [0.25, 0.3) is 0 Å². The Hall–Kier alpha value is -2.48. The zero-order valence-corrected chi connectivity index (χ0v) is 15.5. The molecule has 3 aromatic heterocycles. The number of methoxy groups -OCH3 is 1. The molecular weight excluding hydrogens is 386 g/mol. The molecule has 3 rings (SSSR count). The van der Waals surface area contributed by atoms with Gasteiger partial charge in [-0.05, 0) is 27.6 Å². The van der Waals surface area contributed by atoms with E-state index in [4.69, 9.17) is 4.74 Å². The molecule has 0 bridgehead atoms. The predicted octanol–water partition coefficient (Wildman–Crippen LogP) is 2.85. The van der Waals surface area contributed by atoms with Gasteiger partial charge in [-0.1, -0.05) is 13.0 Å². The van der Waals surface area contributed by atoms with Gasteiger partial charge in [0.1, 0.15) is 5.82 Å². The van der Waals surface area contributed by atoms with Crippen molar-refractivity contribution >= 4 is 33.4 Å². The molecule has 0 amide bonds. The molecular formula is C17H18BrN5O2. The number of pyridine rings is 1. The van der Waals surface area contributed by atoms with Crippen LogP contribution in [0.15, 0.2) is 41.3 Å². The first-order valence-electron chi connectivity index (χ1n) is 7.82. The maximum Gasteiger partial charge on any atom is 0.308 e. The minimum absolute atomic E-state index is 0.251. The highest BCUT2D eigenvalue weighted by Gasteiger charge is 2.17. The van der Waals surface area contributed by atoms with Gasteiger partial charge in [-0.3, -0.25) is 9.78 Å². The van der Waals surface area contributed by atoms with E-state index < -0.39 is 0 Å². The molecule has 3 heterocycles. The summed E-state index contributed by atoms with van der Waals surface area (Å²) < 4.78 is 7.32. The fourth-order valence-corrected chi connectivity index (χ4v) is 2.86. The fraction of sp³-hybridized carbons (Fsp3) is 0.294. The van der Waals surface area contributed by atoms with E-state index in [0.717, 1.165) is 21.5 Å². The first-order valence-corrected chi connectivity index (χ1v) is 8.61. The van der Waals surface area contributed by atoms with Crippen LogP contribution >= 0.6 is 15.9 Å². The molecule has 0 radical (unpaired) electrons. The van der Waals surface area contributed by atoms with E-state index in [1.165, 1.54) is 7.11 Å². The number of rotatable bonds is 6. The van der Waals surface area contributed by atoms with E-state index in [2.05, 4.69) is 36.3 Å². The smallest absolute Gasteiger partial charge is 0.308 e. The second-order valence-corrected chi connectivity index (χ2v) is 6.56. The predicted molar refractivity (Wildman–Crippen MR) is 97.1 cm³/mol. The molecule has 0 fully saturated rings. The highest BCUT2D eigenvalue weighted by atomic mass is 79.9. The third-order valence-corrected chi connectivity index (χ3v) is 4.36. The fourth-order valence-electron chi connectivity index (χ4n) is 2.51. The number of halogens is 1. The van der Waals surface area contributed by atoms with E-state index in [9.17, 15) is 4.79 Å². The maximum absolute atomic E-state index is 11.7. The number of hydrogen-bond donors (Lipinski definition) is 1. The van der Waals surface area contributed by atoms with Crippen molar-refractivity contribution in [3.05, 3.63) is 52.5 Å². The zero-order valence-electron chi connectivity index (χ0n) is 13.9. The van der Waals surface area contributed by atoms with Crippen molar-refractivity contribution in [1.82, 2.24) is 19.6 Å². The van der Waals surface area contributed by atoms with Gasteiger partial charge in [0.05, 0.1) is 23.7 Å². The van der Waals surface area contributed by atoms with Gasteiger partial charge in [-0.15, -0.1) is 0 Å². The Bertz CT molecular complexity index is 881. The van der Waals surface area contributed by atoms with Gasteiger partial charge in [-0.25, -0.2) is 4.98 Å². The van der Waals surface area contributed by atoms with Crippen LogP contribution in [0.2, 0.25) is 0 Å². The first kappa shape index (κ1) is 17.3. The molecule has 0 unspecified atom stereocenters. The van der Waals surface area contributed by atoms with E-state index in [1.807, 2.05) is 31.3 Å². The molecule has 0 saturated carbocycles. The lowest BCUT2D eigenvalue weighted by Crippen LogP contribution is -2.16. The van der Waals surface area contributed by atoms with Gasteiger partial charge >= 0.3 is 5.97 Å². The molecule has 0 aliphatic carbocycles. The van der Waals surface area contributed by atoms with E-state index in [-0.39, 0.29) is 11.9 Å². The van der Waals surface area contributed by atoms with E-state index >= 15 is 0 Å². The lowest BCUT2D eigenvalue weighted by molar-refractivity contribution is -0.144. The van der Waals surface area contributed by atoms with Crippen molar-refractivity contribution in [2.24, 2.45) is 5.92 Å². The van der Waals surface area contributed by atoms with Crippen LogP contribution < -0.4 is 5.32 Å². The van der Waals surface area contributed by atoms with Crippen molar-refractivity contribution in [1.29, 1.82) is 0 Å². The number of ether oxygens (including phenoxy) is 1. The molecule has 8 heteroatoms. The molecule has 0 spiro atoms. The maximum atomic E-state index is 11.7. The first-order chi connectivity index (χ1) is 12.1. The van der Waals surface area contributed by atoms with Crippen molar-refractivity contribution in [3.8, 4) is 0 Å². The summed E-state index contributed by atoms with van der Waals surface area (Å²) in [5.74, 6) is 0.276. The Morgan fingerprint density at radius 2 is 2.28 bits per heavy atom. The number of hydrogen-bond acceptors (Lipinski definition) is 6. The van der Waals surface area contributed by atoms with E-state index in [1.54, 1.807) is 16.9 Å². The summed E-state index contributed by atoms with van der Waals surface area (Å²) in [6, 6.07) is 5.80. The molecule has 0 aliphatic rings. The Morgan fingerprint density at radius 3 is 3.00 bits per heavy atom. The van der Waals surface area contributed by atoms with Crippen LogP contribution in [0.4, 0.5) is 5.82 Å². The molecule has 25 heavy (non-hydrogen) atoms. The number of esters is 1. The number of carbonyl (C=O) groups is 1. The number of anilines is 1. The second kappa shape index (κ2) is 7.60. The van der Waals surface area contributed by atoms with Gasteiger partial charge in [-0.2, -0.15) is 9.61 Å². The standard InChI is InChI=1S/C17H18BrN5O2/c1-11(17(24)25-2)6-13-7-15(20-9-12-4-3-5-19-8-12)23-16(22-13)14(18)10-21-23/h3-5,7-8,10-11,20H,6,9H2,1-2H3/t11-/m1/s1. The Balaban J connectivity index is 1.89. The third kappa shape index (κ3) is 3.96. The number of aromatic nitrogens is 4. The van der Waals surface area contributed by atoms with Gasteiger partial charge in [0.15, 0.2) is 5.65 Å². The lowest BCUT2D eigenvalue weighted by Gasteiger charge is -2.13. The van der Waals surface area contributed by atoms with Gasteiger partial charge in [0, 0.05) is 37.1 Å². The highest BCUT2D eigenvalue weighted by molar-refractivity contribution is 9.10. The average molecular weight is 404 g/mol. The normalized spacial score (nSPS) is 12.1. The van der Waals surface area contributed by atoms with Gasteiger partial charge < -0.3 is 10.1 Å². The number of nitrogens with one attached hydrogen (secondary N) is 1. The van der Waals surface area contributed by atoms with E-state index in [0.29, 0.717) is 18.6 Å². The van der Waals surface area contributed by atoms with Crippen LogP contribution in [-0.4, -0.2) is 32.7 Å². The highest BCUT2D eigenvalue weighted by Crippen LogP contribution is 2.22. The monoisotopic (exact) mass is 403 g/mol. The molecule has 0 aliphatic heterocycles. The minimum Gasteiger partial charge on any atom is -0.469 e. The van der Waals surface area contributed by atoms with Crippen LogP contribution in [0.5, 0.6) is 0 Å². The van der Waals surface area contributed by atoms with Gasteiger partial charge in [0.2, 0.25) is 0 Å². The zero-order chi connectivity index (χ0) is 17.8. The van der Waals surface area contributed by atoms with Crippen molar-refractivity contribution < 1.29 is 9.53 Å². The molecule has 3 aromatic rings. The molecule has 1 atom stereocenters. The SMILES string of the molecule is COC(=O)[C@H](C)Cc1cc(NCc2cccnc2)n2ncc(Br)c2n1.